The first-order valence-electron chi connectivity index (χ1n) is 3.45. The van der Waals surface area contributed by atoms with Crippen LogP contribution in [-0.2, 0) is 0 Å². The van der Waals surface area contributed by atoms with E-state index >= 15 is 0 Å². The molecule has 2 aromatic rings. The van der Waals surface area contributed by atoms with Gasteiger partial charge in [0.2, 0.25) is 5.82 Å². The number of benzene rings is 1. The third-order valence-electron chi connectivity index (χ3n) is 1.49. The van der Waals surface area contributed by atoms with Crippen LogP contribution in [0.25, 0.3) is 11.4 Å². The predicted octanol–water partition coefficient (Wildman–Crippen LogP) is -0.340. The molecule has 4 nitrogen and oxygen atoms in total. The zero-order chi connectivity index (χ0) is 8.39. The lowest BCUT2D eigenvalue weighted by molar-refractivity contribution is 0.881. The number of H-pyrrole nitrogens is 1. The highest BCUT2D eigenvalue weighted by Gasteiger charge is 2.00. The lowest BCUT2D eigenvalue weighted by Gasteiger charge is -1.94. The molecule has 0 atom stereocenters. The summed E-state index contributed by atoms with van der Waals surface area (Å²) in [7, 11) is 5.58. The van der Waals surface area contributed by atoms with E-state index in [0.717, 1.165) is 5.56 Å². The van der Waals surface area contributed by atoms with Gasteiger partial charge in [-0.2, -0.15) is 5.21 Å². The minimum absolute atomic E-state index is 0.558. The Bertz CT molecular complexity index is 371. The van der Waals surface area contributed by atoms with Crippen LogP contribution in [0.1, 0.15) is 0 Å². The lowest BCUT2D eigenvalue weighted by Crippen LogP contribution is -2.00. The molecule has 1 aromatic carbocycles. The van der Waals surface area contributed by atoms with Crippen LogP contribution in [0.15, 0.2) is 24.3 Å². The zero-order valence-corrected chi connectivity index (χ0v) is 6.23. The number of hydrogen-bond acceptors (Lipinski definition) is 3. The van der Waals surface area contributed by atoms with Gasteiger partial charge in [-0.3, -0.25) is 0 Å². The van der Waals surface area contributed by atoms with Gasteiger partial charge >= 0.3 is 0 Å². The van der Waals surface area contributed by atoms with Gasteiger partial charge in [0.1, 0.15) is 7.85 Å². The largest absolute Gasteiger partial charge is 0.204 e. The minimum Gasteiger partial charge on any atom is -0.177 e. The van der Waals surface area contributed by atoms with Crippen molar-refractivity contribution >= 4 is 13.3 Å². The molecule has 0 spiro atoms. The van der Waals surface area contributed by atoms with E-state index in [9.17, 15) is 0 Å². The van der Waals surface area contributed by atoms with E-state index in [1.807, 2.05) is 18.2 Å². The van der Waals surface area contributed by atoms with Gasteiger partial charge in [-0.15, -0.1) is 10.2 Å². The quantitative estimate of drug-likeness (QED) is 0.574. The van der Waals surface area contributed by atoms with Crippen molar-refractivity contribution in [2.24, 2.45) is 0 Å². The number of aromatic amines is 1. The summed E-state index contributed by atoms with van der Waals surface area (Å²) in [6, 6.07) is 7.33. The molecule has 0 aliphatic heterocycles. The molecule has 1 aromatic heterocycles. The van der Waals surface area contributed by atoms with Crippen LogP contribution in [0.3, 0.4) is 0 Å². The van der Waals surface area contributed by atoms with E-state index in [-0.39, 0.29) is 0 Å². The highest BCUT2D eigenvalue weighted by atomic mass is 15.5. The molecule has 0 unspecified atom stereocenters. The van der Waals surface area contributed by atoms with Crippen molar-refractivity contribution in [2.45, 2.75) is 0 Å². The van der Waals surface area contributed by atoms with Crippen molar-refractivity contribution in [2.75, 3.05) is 0 Å². The molecule has 0 saturated heterocycles. The van der Waals surface area contributed by atoms with Crippen LogP contribution in [0.4, 0.5) is 0 Å². The SMILES string of the molecule is [B]c1cccc(-c2nn[nH]n2)c1. The molecule has 1 N–H and O–H groups in total. The fourth-order valence-electron chi connectivity index (χ4n) is 0.962. The summed E-state index contributed by atoms with van der Waals surface area (Å²) in [5.41, 5.74) is 1.56. The Morgan fingerprint density at radius 3 is 2.92 bits per heavy atom. The first-order valence-corrected chi connectivity index (χ1v) is 3.45. The second-order valence-electron chi connectivity index (χ2n) is 2.36. The first-order chi connectivity index (χ1) is 5.86. The van der Waals surface area contributed by atoms with Crippen LogP contribution in [-0.4, -0.2) is 28.5 Å². The Labute approximate surface area is 70.4 Å². The molecule has 1 heterocycles. The third kappa shape index (κ3) is 1.21. The van der Waals surface area contributed by atoms with E-state index in [1.165, 1.54) is 0 Å². The van der Waals surface area contributed by atoms with Crippen molar-refractivity contribution < 1.29 is 0 Å². The lowest BCUT2D eigenvalue weighted by atomic mass is 9.94. The topological polar surface area (TPSA) is 54.5 Å². The van der Waals surface area contributed by atoms with Gasteiger partial charge in [0.25, 0.3) is 0 Å². The summed E-state index contributed by atoms with van der Waals surface area (Å²) in [4.78, 5) is 0. The fraction of sp³-hybridized carbons (Fsp3) is 0. The van der Waals surface area contributed by atoms with E-state index < -0.39 is 0 Å². The Balaban J connectivity index is 2.48. The Kier molecular flexibility index (Phi) is 1.62. The van der Waals surface area contributed by atoms with E-state index in [0.29, 0.717) is 11.3 Å². The number of aromatic nitrogens is 4. The molecule has 0 bridgehead atoms. The van der Waals surface area contributed by atoms with Crippen molar-refractivity contribution in [3.05, 3.63) is 24.3 Å². The van der Waals surface area contributed by atoms with Gasteiger partial charge in [0.15, 0.2) is 0 Å². The molecule has 0 aliphatic rings. The van der Waals surface area contributed by atoms with Gasteiger partial charge < -0.3 is 0 Å². The number of tetrazole rings is 1. The van der Waals surface area contributed by atoms with Gasteiger partial charge in [-0.05, 0) is 5.21 Å². The monoisotopic (exact) mass is 156 g/mol. The number of nitrogens with zero attached hydrogens (tertiary/aromatic N) is 3. The fourth-order valence-corrected chi connectivity index (χ4v) is 0.962. The summed E-state index contributed by atoms with van der Waals surface area (Å²) >= 11 is 0. The Morgan fingerprint density at radius 1 is 1.33 bits per heavy atom. The van der Waals surface area contributed by atoms with Gasteiger partial charge in [0, 0.05) is 5.56 Å². The predicted molar refractivity (Wildman–Crippen MR) is 45.0 cm³/mol. The maximum Gasteiger partial charge on any atom is 0.204 e. The molecule has 2 rings (SSSR count). The number of hydrogen-bond donors (Lipinski definition) is 1. The van der Waals surface area contributed by atoms with E-state index in [4.69, 9.17) is 7.85 Å². The van der Waals surface area contributed by atoms with Crippen LogP contribution < -0.4 is 5.46 Å². The molecule has 12 heavy (non-hydrogen) atoms. The minimum atomic E-state index is 0.558. The molecule has 0 fully saturated rings. The molecule has 0 saturated carbocycles. The molecule has 2 radical (unpaired) electrons. The smallest absolute Gasteiger partial charge is 0.177 e. The van der Waals surface area contributed by atoms with E-state index in [2.05, 4.69) is 20.6 Å². The highest BCUT2D eigenvalue weighted by Crippen LogP contribution is 2.09. The zero-order valence-electron chi connectivity index (χ0n) is 6.23. The Morgan fingerprint density at radius 2 is 2.25 bits per heavy atom. The second kappa shape index (κ2) is 2.77. The first kappa shape index (κ1) is 7.03. The molecular formula is C7H5BN4. The number of rotatable bonds is 1. The van der Waals surface area contributed by atoms with Crippen LogP contribution in [0, 0.1) is 0 Å². The van der Waals surface area contributed by atoms with Crippen molar-refractivity contribution in [1.29, 1.82) is 0 Å². The summed E-state index contributed by atoms with van der Waals surface area (Å²) in [6.07, 6.45) is 0. The second-order valence-corrected chi connectivity index (χ2v) is 2.36. The van der Waals surface area contributed by atoms with E-state index in [1.54, 1.807) is 6.07 Å². The third-order valence-corrected chi connectivity index (χ3v) is 1.49. The maximum absolute atomic E-state index is 5.58. The molecule has 56 valence electrons. The molecule has 0 amide bonds. The maximum atomic E-state index is 5.58. The molecule has 0 aliphatic carbocycles. The van der Waals surface area contributed by atoms with Gasteiger partial charge in [-0.25, -0.2) is 0 Å². The van der Waals surface area contributed by atoms with Crippen LogP contribution in [0.5, 0.6) is 0 Å². The summed E-state index contributed by atoms with van der Waals surface area (Å²) < 4.78 is 0. The molecule has 5 heteroatoms. The average Bonchev–Trinajstić information content (AvgIpc) is 2.56. The van der Waals surface area contributed by atoms with Crippen molar-refractivity contribution in [1.82, 2.24) is 20.6 Å². The normalized spacial score (nSPS) is 10.0. The summed E-state index contributed by atoms with van der Waals surface area (Å²) in [6.45, 7) is 0. The molecular weight excluding hydrogens is 151 g/mol. The number of nitrogens with one attached hydrogen (secondary N) is 1. The van der Waals surface area contributed by atoms with Crippen LogP contribution in [0.2, 0.25) is 0 Å². The summed E-state index contributed by atoms with van der Waals surface area (Å²) in [5.74, 6) is 0.558. The standard InChI is InChI=1S/C7H5BN4/c8-6-3-1-2-5(4-6)7-9-11-12-10-7/h1-4H,(H,9,10,11,12). The average molecular weight is 156 g/mol. The highest BCUT2D eigenvalue weighted by molar-refractivity contribution is 6.32. The van der Waals surface area contributed by atoms with Gasteiger partial charge in [0.05, 0.1) is 0 Å². The van der Waals surface area contributed by atoms with Crippen molar-refractivity contribution in [3.8, 4) is 11.4 Å². The Hall–Kier alpha value is -1.65. The van der Waals surface area contributed by atoms with Gasteiger partial charge in [-0.1, -0.05) is 29.7 Å². The summed E-state index contributed by atoms with van der Waals surface area (Å²) in [5, 5.41) is 13.5. The van der Waals surface area contributed by atoms with Crippen molar-refractivity contribution in [3.63, 3.8) is 0 Å². The van der Waals surface area contributed by atoms with Crippen LogP contribution >= 0.6 is 0 Å².